The zero-order valence-electron chi connectivity index (χ0n) is 23.4. The van der Waals surface area contributed by atoms with Gasteiger partial charge in [0.2, 0.25) is 0 Å². The molecule has 1 aromatic carbocycles. The van der Waals surface area contributed by atoms with Crippen molar-refractivity contribution in [1.29, 1.82) is 0 Å². The van der Waals surface area contributed by atoms with Crippen LogP contribution in [0.5, 0.6) is 5.75 Å². The molecular weight excluding hydrogens is 550 g/mol. The molecule has 2 aromatic heterocycles. The van der Waals surface area contributed by atoms with Crippen LogP contribution in [0.2, 0.25) is 5.02 Å². The third-order valence-corrected chi connectivity index (χ3v) is 9.41. The van der Waals surface area contributed by atoms with Crippen LogP contribution in [-0.4, -0.2) is 66.0 Å². The average Bonchev–Trinajstić information content (AvgIpc) is 2.92. The van der Waals surface area contributed by atoms with E-state index in [-0.39, 0.29) is 17.6 Å². The van der Waals surface area contributed by atoms with Crippen molar-refractivity contribution in [3.8, 4) is 5.75 Å². The number of nitrogens with zero attached hydrogens (tertiary/aromatic N) is 3. The van der Waals surface area contributed by atoms with Crippen molar-refractivity contribution in [3.05, 3.63) is 59.4 Å². The minimum atomic E-state index is -3.51. The zero-order chi connectivity index (χ0) is 28.9. The number of hydrogen-bond donors (Lipinski definition) is 3. The monoisotopic (exact) mass is 587 g/mol. The summed E-state index contributed by atoms with van der Waals surface area (Å²) in [6, 6.07) is 10.5. The van der Waals surface area contributed by atoms with Crippen LogP contribution in [0, 0.1) is 0 Å². The zero-order valence-corrected chi connectivity index (χ0v) is 25.0. The van der Waals surface area contributed by atoms with Gasteiger partial charge in [0.15, 0.2) is 21.4 Å². The number of halogens is 1. The minimum Gasteiger partial charge on any atom is -0.487 e. The first-order valence-corrected chi connectivity index (χ1v) is 15.5. The smallest absolute Gasteiger partial charge is 0.182 e. The quantitative estimate of drug-likeness (QED) is 0.257. The Balaban J connectivity index is 1.58. The van der Waals surface area contributed by atoms with Gasteiger partial charge in [0.05, 0.1) is 45.5 Å². The van der Waals surface area contributed by atoms with E-state index >= 15 is 0 Å². The lowest BCUT2D eigenvalue weighted by Gasteiger charge is -2.31. The number of aromatic nitrogens is 2. The highest BCUT2D eigenvalue weighted by atomic mass is 35.5. The molecule has 1 aliphatic heterocycles. The number of nitrogens with one attached hydrogen (secondary N) is 2. The van der Waals surface area contributed by atoms with Gasteiger partial charge in [-0.05, 0) is 83.3 Å². The average molecular weight is 588 g/mol. The van der Waals surface area contributed by atoms with E-state index in [0.29, 0.717) is 46.2 Å². The Morgan fingerprint density at radius 1 is 1.05 bits per heavy atom. The van der Waals surface area contributed by atoms with Crippen LogP contribution in [0.15, 0.2) is 53.7 Å². The number of piperidine rings is 1. The normalized spacial score (nSPS) is 15.0. The molecule has 9 nitrogen and oxygen atoms in total. The lowest BCUT2D eigenvalue weighted by atomic mass is 9.90. The molecule has 0 amide bonds. The first-order chi connectivity index (χ1) is 19.1. The summed E-state index contributed by atoms with van der Waals surface area (Å²) in [6.07, 6.45) is 5.32. The number of anilines is 4. The van der Waals surface area contributed by atoms with E-state index in [4.69, 9.17) is 21.3 Å². The molecule has 0 spiro atoms. The summed E-state index contributed by atoms with van der Waals surface area (Å²) >= 11 is 6.46. The van der Waals surface area contributed by atoms with Gasteiger partial charge in [0.25, 0.3) is 0 Å². The summed E-state index contributed by atoms with van der Waals surface area (Å²) in [4.78, 5) is 11.6. The van der Waals surface area contributed by atoms with Gasteiger partial charge < -0.3 is 25.4 Å². The summed E-state index contributed by atoms with van der Waals surface area (Å²) < 4.78 is 32.0. The molecular formula is C29H38ClN5O4S. The van der Waals surface area contributed by atoms with Gasteiger partial charge in [-0.1, -0.05) is 23.7 Å². The highest BCUT2D eigenvalue weighted by molar-refractivity contribution is 7.92. The van der Waals surface area contributed by atoms with Crippen molar-refractivity contribution in [2.24, 2.45) is 0 Å². The molecule has 0 bridgehead atoms. The lowest BCUT2D eigenvalue weighted by Crippen LogP contribution is -2.34. The van der Waals surface area contributed by atoms with E-state index in [0.717, 1.165) is 31.5 Å². The fourth-order valence-corrected chi connectivity index (χ4v) is 6.05. The Hall–Kier alpha value is -2.92. The first-order valence-electron chi connectivity index (χ1n) is 13.6. The maximum atomic E-state index is 12.9. The number of ether oxygens (including phenoxy) is 1. The van der Waals surface area contributed by atoms with Gasteiger partial charge in [-0.3, -0.25) is 0 Å². The minimum absolute atomic E-state index is 0.0567. The van der Waals surface area contributed by atoms with E-state index in [2.05, 4.69) is 20.5 Å². The molecule has 3 N–H and O–H groups in total. The number of para-hydroxylation sites is 1. The van der Waals surface area contributed by atoms with Crippen LogP contribution >= 0.6 is 11.6 Å². The molecule has 3 aromatic rings. The van der Waals surface area contributed by atoms with E-state index in [1.165, 1.54) is 6.20 Å². The molecule has 216 valence electrons. The molecule has 0 saturated carbocycles. The van der Waals surface area contributed by atoms with Gasteiger partial charge in [-0.15, -0.1) is 0 Å². The number of sulfone groups is 1. The second-order valence-electron chi connectivity index (χ2n) is 10.5. The van der Waals surface area contributed by atoms with Crippen molar-refractivity contribution in [2.75, 3.05) is 36.9 Å². The molecule has 11 heteroatoms. The molecule has 0 aliphatic carbocycles. The van der Waals surface area contributed by atoms with Gasteiger partial charge in [0, 0.05) is 18.8 Å². The fraction of sp³-hybridized carbons (Fsp3) is 0.448. The van der Waals surface area contributed by atoms with Crippen LogP contribution < -0.4 is 15.4 Å². The largest absolute Gasteiger partial charge is 0.487 e. The number of rotatable bonds is 11. The van der Waals surface area contributed by atoms with Gasteiger partial charge in [-0.25, -0.2) is 18.4 Å². The number of likely N-dealkylation sites (tertiary alicyclic amines) is 1. The summed E-state index contributed by atoms with van der Waals surface area (Å²) in [5.74, 6) is 2.00. The standard InChI is InChI=1S/C29H38ClN5O4S/c1-19(2)39-26-15-22(21-9-11-35(12-10-21)13-14-36)17-32-29(26)34-28-16-25(23(30)18-31-28)33-24-7-5-6-8-27(24)40(37,38)20(3)4/h5-8,15-21,36H,9-14H2,1-4H3,(H2,31,32,33,34). The number of pyridine rings is 2. The molecule has 1 fully saturated rings. The molecule has 1 saturated heterocycles. The fourth-order valence-electron chi connectivity index (χ4n) is 4.69. The second-order valence-corrected chi connectivity index (χ2v) is 13.4. The highest BCUT2D eigenvalue weighted by Gasteiger charge is 2.24. The van der Waals surface area contributed by atoms with Crippen LogP contribution in [0.25, 0.3) is 0 Å². The van der Waals surface area contributed by atoms with Crippen molar-refractivity contribution < 1.29 is 18.3 Å². The topological polar surface area (TPSA) is 117 Å². The third kappa shape index (κ3) is 7.23. The van der Waals surface area contributed by atoms with Gasteiger partial charge in [0.1, 0.15) is 5.82 Å². The van der Waals surface area contributed by atoms with E-state index in [1.54, 1.807) is 44.2 Å². The predicted octanol–water partition coefficient (Wildman–Crippen LogP) is 5.76. The molecule has 40 heavy (non-hydrogen) atoms. The van der Waals surface area contributed by atoms with E-state index in [9.17, 15) is 13.5 Å². The summed E-state index contributed by atoms with van der Waals surface area (Å²) in [6.45, 7) is 10.0. The summed E-state index contributed by atoms with van der Waals surface area (Å²) in [7, 11) is -3.51. The number of benzene rings is 1. The maximum Gasteiger partial charge on any atom is 0.182 e. The van der Waals surface area contributed by atoms with Crippen molar-refractivity contribution >= 4 is 44.4 Å². The number of hydrogen-bond acceptors (Lipinski definition) is 9. The molecule has 0 radical (unpaired) electrons. The molecule has 0 atom stereocenters. The number of aliphatic hydroxyl groups excluding tert-OH is 1. The SMILES string of the molecule is CC(C)Oc1cc(C2CCN(CCO)CC2)cnc1Nc1cc(Nc2ccccc2S(=O)(=O)C(C)C)c(Cl)cn1. The number of aliphatic hydroxyl groups is 1. The predicted molar refractivity (Wildman–Crippen MR) is 160 cm³/mol. The van der Waals surface area contributed by atoms with Crippen LogP contribution in [0.1, 0.15) is 52.0 Å². The summed E-state index contributed by atoms with van der Waals surface area (Å²) in [5.41, 5.74) is 2.06. The van der Waals surface area contributed by atoms with Gasteiger partial charge in [-0.2, -0.15) is 0 Å². The van der Waals surface area contributed by atoms with E-state index in [1.807, 2.05) is 26.1 Å². The van der Waals surface area contributed by atoms with Crippen molar-refractivity contribution in [3.63, 3.8) is 0 Å². The van der Waals surface area contributed by atoms with Gasteiger partial charge >= 0.3 is 0 Å². The first kappa shape index (κ1) is 30.0. The van der Waals surface area contributed by atoms with E-state index < -0.39 is 15.1 Å². The van der Waals surface area contributed by atoms with Crippen LogP contribution in [0.3, 0.4) is 0 Å². The second kappa shape index (κ2) is 13.2. The van der Waals surface area contributed by atoms with Crippen LogP contribution in [0.4, 0.5) is 23.0 Å². The Bertz CT molecular complexity index is 1410. The lowest BCUT2D eigenvalue weighted by molar-refractivity contribution is 0.164. The Labute approximate surface area is 241 Å². The third-order valence-electron chi connectivity index (χ3n) is 6.90. The van der Waals surface area contributed by atoms with Crippen LogP contribution in [-0.2, 0) is 9.84 Å². The molecule has 4 rings (SSSR count). The van der Waals surface area contributed by atoms with Crippen molar-refractivity contribution in [1.82, 2.24) is 14.9 Å². The maximum absolute atomic E-state index is 12.9. The molecule has 1 aliphatic rings. The highest BCUT2D eigenvalue weighted by Crippen LogP contribution is 2.36. The molecule has 3 heterocycles. The number of β-amino-alcohol motifs (C(OH)–C–C–N with tert-alkyl or cyclic N) is 1. The molecule has 0 unspecified atom stereocenters. The Kier molecular flexibility index (Phi) is 9.89. The Morgan fingerprint density at radius 2 is 1.77 bits per heavy atom. The van der Waals surface area contributed by atoms with Crippen molar-refractivity contribution in [2.45, 2.75) is 62.7 Å². The summed E-state index contributed by atoms with van der Waals surface area (Å²) in [5, 5.41) is 15.4. The Morgan fingerprint density at radius 3 is 2.45 bits per heavy atom.